The lowest BCUT2D eigenvalue weighted by Crippen LogP contribution is -2.28. The Morgan fingerprint density at radius 1 is 1.19 bits per heavy atom. The van der Waals surface area contributed by atoms with Crippen molar-refractivity contribution in [3.8, 4) is 0 Å². The molecule has 1 aromatic rings. The molecule has 1 heterocycles. The largest absolute Gasteiger partial charge is 0.315 e. The van der Waals surface area contributed by atoms with Gasteiger partial charge in [-0.2, -0.15) is 0 Å². The molecule has 2 rings (SSSR count). The fraction of sp³-hybridized carbons (Fsp3) is 0.571. The molecular weight excluding hydrogens is 196 g/mol. The Hall–Kier alpha value is -0.860. The van der Waals surface area contributed by atoms with Crippen LogP contribution in [0.15, 0.2) is 18.2 Å². The van der Waals surface area contributed by atoms with E-state index >= 15 is 0 Å². The van der Waals surface area contributed by atoms with Crippen molar-refractivity contribution in [3.63, 3.8) is 0 Å². The molecule has 1 aromatic carbocycles. The van der Waals surface area contributed by atoms with Crippen molar-refractivity contribution in [1.29, 1.82) is 0 Å². The van der Waals surface area contributed by atoms with Crippen LogP contribution in [0.4, 0.5) is 0 Å². The molecule has 1 N–H and O–H groups in total. The van der Waals surface area contributed by atoms with Crippen molar-refractivity contribution < 1.29 is 0 Å². The van der Waals surface area contributed by atoms with E-state index in [-0.39, 0.29) is 0 Å². The quantitative estimate of drug-likeness (QED) is 0.818. The van der Waals surface area contributed by atoms with E-state index in [1.54, 1.807) is 0 Å². The van der Waals surface area contributed by atoms with Gasteiger partial charge in [0.15, 0.2) is 0 Å². The molecule has 0 bridgehead atoms. The second kappa shape index (κ2) is 5.46. The molecule has 1 aliphatic heterocycles. The Morgan fingerprint density at radius 3 is 2.94 bits per heavy atom. The molecule has 0 aromatic heterocycles. The lowest BCUT2D eigenvalue weighted by atomic mass is 10.0. The van der Waals surface area contributed by atoms with Gasteiger partial charge in [-0.05, 0) is 50.0 Å². The molecule has 0 aliphatic carbocycles. The van der Waals surface area contributed by atoms with Gasteiger partial charge >= 0.3 is 0 Å². The molecule has 0 spiro atoms. The number of aryl methyl sites for hydroxylation is 1. The second-order valence-electron chi connectivity index (χ2n) is 4.74. The minimum atomic E-state index is 1.11. The Kier molecular flexibility index (Phi) is 3.97. The van der Waals surface area contributed by atoms with Crippen LogP contribution in [0, 0.1) is 13.8 Å². The molecule has 0 saturated carbocycles. The lowest BCUT2D eigenvalue weighted by Gasteiger charge is -2.21. The fourth-order valence-electron chi connectivity index (χ4n) is 2.28. The summed E-state index contributed by atoms with van der Waals surface area (Å²) < 4.78 is 0. The first-order chi connectivity index (χ1) is 7.77. The van der Waals surface area contributed by atoms with Crippen molar-refractivity contribution in [2.45, 2.75) is 26.8 Å². The van der Waals surface area contributed by atoms with E-state index in [0.717, 1.165) is 13.1 Å². The molecule has 16 heavy (non-hydrogen) atoms. The highest BCUT2D eigenvalue weighted by Crippen LogP contribution is 2.15. The van der Waals surface area contributed by atoms with Gasteiger partial charge in [-0.1, -0.05) is 18.2 Å². The Balaban J connectivity index is 2.04. The highest BCUT2D eigenvalue weighted by Gasteiger charge is 2.10. The highest BCUT2D eigenvalue weighted by atomic mass is 15.1. The van der Waals surface area contributed by atoms with Crippen LogP contribution in [0.5, 0.6) is 0 Å². The van der Waals surface area contributed by atoms with E-state index in [0.29, 0.717) is 0 Å². The van der Waals surface area contributed by atoms with Crippen LogP contribution in [0.3, 0.4) is 0 Å². The van der Waals surface area contributed by atoms with Crippen LogP contribution in [-0.2, 0) is 6.54 Å². The molecule has 88 valence electrons. The molecule has 1 saturated heterocycles. The van der Waals surface area contributed by atoms with Gasteiger partial charge in [-0.3, -0.25) is 4.90 Å². The normalized spacial score (nSPS) is 18.4. The van der Waals surface area contributed by atoms with Gasteiger partial charge in [0.05, 0.1) is 0 Å². The van der Waals surface area contributed by atoms with E-state index in [1.807, 2.05) is 0 Å². The zero-order valence-electron chi connectivity index (χ0n) is 10.4. The summed E-state index contributed by atoms with van der Waals surface area (Å²) in [6, 6.07) is 6.64. The third-order valence-corrected chi connectivity index (χ3v) is 3.54. The topological polar surface area (TPSA) is 15.3 Å². The molecular formula is C14H22N2. The fourth-order valence-corrected chi connectivity index (χ4v) is 2.28. The standard InChI is InChI=1S/C14H22N2/c1-12-5-3-6-14(13(12)2)11-16-9-4-7-15-8-10-16/h3,5-6,15H,4,7-11H2,1-2H3. The SMILES string of the molecule is Cc1cccc(CN2CCCNCC2)c1C. The summed E-state index contributed by atoms with van der Waals surface area (Å²) in [5, 5.41) is 3.45. The number of hydrogen-bond donors (Lipinski definition) is 1. The first kappa shape index (κ1) is 11.6. The van der Waals surface area contributed by atoms with Gasteiger partial charge in [0.1, 0.15) is 0 Å². The average molecular weight is 218 g/mol. The first-order valence-electron chi connectivity index (χ1n) is 6.25. The minimum Gasteiger partial charge on any atom is -0.315 e. The zero-order chi connectivity index (χ0) is 11.4. The smallest absolute Gasteiger partial charge is 0.0237 e. The van der Waals surface area contributed by atoms with Crippen molar-refractivity contribution in [2.24, 2.45) is 0 Å². The molecule has 0 radical (unpaired) electrons. The zero-order valence-corrected chi connectivity index (χ0v) is 10.4. The van der Waals surface area contributed by atoms with Crippen molar-refractivity contribution in [3.05, 3.63) is 34.9 Å². The molecule has 1 fully saturated rings. The average Bonchev–Trinajstić information content (AvgIpc) is 2.53. The van der Waals surface area contributed by atoms with Crippen molar-refractivity contribution >= 4 is 0 Å². The predicted octanol–water partition coefficient (Wildman–Crippen LogP) is 2.10. The van der Waals surface area contributed by atoms with Crippen LogP contribution < -0.4 is 5.32 Å². The summed E-state index contributed by atoms with van der Waals surface area (Å²) in [6.45, 7) is 10.2. The van der Waals surface area contributed by atoms with Crippen LogP contribution in [-0.4, -0.2) is 31.1 Å². The Bertz CT molecular complexity index is 339. The maximum Gasteiger partial charge on any atom is 0.0237 e. The molecule has 0 amide bonds. The van der Waals surface area contributed by atoms with Gasteiger partial charge in [-0.25, -0.2) is 0 Å². The highest BCUT2D eigenvalue weighted by molar-refractivity contribution is 5.32. The number of rotatable bonds is 2. The summed E-state index contributed by atoms with van der Waals surface area (Å²) in [4.78, 5) is 2.56. The van der Waals surface area contributed by atoms with Crippen molar-refractivity contribution in [2.75, 3.05) is 26.2 Å². The van der Waals surface area contributed by atoms with Crippen molar-refractivity contribution in [1.82, 2.24) is 10.2 Å². The minimum absolute atomic E-state index is 1.11. The molecule has 2 heteroatoms. The maximum absolute atomic E-state index is 3.45. The lowest BCUT2D eigenvalue weighted by molar-refractivity contribution is 0.284. The van der Waals surface area contributed by atoms with E-state index in [2.05, 4.69) is 42.3 Å². The summed E-state index contributed by atoms with van der Waals surface area (Å²) in [7, 11) is 0. The Morgan fingerprint density at radius 2 is 2.06 bits per heavy atom. The molecule has 0 atom stereocenters. The van der Waals surface area contributed by atoms with Gasteiger partial charge in [0.2, 0.25) is 0 Å². The molecule has 1 aliphatic rings. The number of nitrogens with one attached hydrogen (secondary N) is 1. The van der Waals surface area contributed by atoms with Gasteiger partial charge < -0.3 is 5.32 Å². The van der Waals surface area contributed by atoms with Crippen LogP contribution in [0.1, 0.15) is 23.1 Å². The molecule has 0 unspecified atom stereocenters. The van der Waals surface area contributed by atoms with Gasteiger partial charge in [0.25, 0.3) is 0 Å². The van der Waals surface area contributed by atoms with Gasteiger partial charge in [-0.15, -0.1) is 0 Å². The maximum atomic E-state index is 3.45. The summed E-state index contributed by atoms with van der Waals surface area (Å²) in [5.41, 5.74) is 4.35. The second-order valence-corrected chi connectivity index (χ2v) is 4.74. The van der Waals surface area contributed by atoms with Crippen LogP contribution in [0.25, 0.3) is 0 Å². The van der Waals surface area contributed by atoms with Gasteiger partial charge in [0, 0.05) is 19.6 Å². The third-order valence-electron chi connectivity index (χ3n) is 3.54. The third kappa shape index (κ3) is 2.83. The van der Waals surface area contributed by atoms with E-state index in [1.165, 1.54) is 42.7 Å². The summed E-state index contributed by atoms with van der Waals surface area (Å²) in [6.07, 6.45) is 1.27. The number of hydrogen-bond acceptors (Lipinski definition) is 2. The number of benzene rings is 1. The Labute approximate surface area is 98.7 Å². The predicted molar refractivity (Wildman–Crippen MR) is 68.7 cm³/mol. The summed E-state index contributed by atoms with van der Waals surface area (Å²) >= 11 is 0. The molecule has 2 nitrogen and oxygen atoms in total. The van der Waals surface area contributed by atoms with E-state index < -0.39 is 0 Å². The van der Waals surface area contributed by atoms with E-state index in [9.17, 15) is 0 Å². The van der Waals surface area contributed by atoms with Crippen LogP contribution in [0.2, 0.25) is 0 Å². The van der Waals surface area contributed by atoms with Crippen LogP contribution >= 0.6 is 0 Å². The first-order valence-corrected chi connectivity index (χ1v) is 6.25. The van der Waals surface area contributed by atoms with E-state index in [4.69, 9.17) is 0 Å². The summed E-state index contributed by atoms with van der Waals surface area (Å²) in [5.74, 6) is 0. The monoisotopic (exact) mass is 218 g/mol. The number of nitrogens with zero attached hydrogens (tertiary/aromatic N) is 1.